The molecule has 100 valence electrons. The predicted octanol–water partition coefficient (Wildman–Crippen LogP) is 2.54. The van der Waals surface area contributed by atoms with Crippen LogP contribution in [0.2, 0.25) is 0 Å². The molecule has 0 aromatic heterocycles. The van der Waals surface area contributed by atoms with Gasteiger partial charge in [-0.25, -0.2) is 4.79 Å². The van der Waals surface area contributed by atoms with Gasteiger partial charge in [-0.15, -0.1) is 0 Å². The summed E-state index contributed by atoms with van der Waals surface area (Å²) >= 11 is 0. The number of hydrogen-bond donors (Lipinski definition) is 1. The van der Waals surface area contributed by atoms with Crippen molar-refractivity contribution < 1.29 is 9.90 Å². The fraction of sp³-hybridized carbons (Fsp3) is 0.562. The van der Waals surface area contributed by atoms with Crippen LogP contribution in [0.3, 0.4) is 0 Å². The molecule has 3 nitrogen and oxygen atoms in total. The van der Waals surface area contributed by atoms with Crippen LogP contribution in [0.15, 0.2) is 18.2 Å². The zero-order valence-corrected chi connectivity index (χ0v) is 11.0. The van der Waals surface area contributed by atoms with Crippen molar-refractivity contribution in [2.24, 2.45) is 11.8 Å². The van der Waals surface area contributed by atoms with Crippen LogP contribution in [0.1, 0.15) is 40.7 Å². The van der Waals surface area contributed by atoms with Gasteiger partial charge in [-0.1, -0.05) is 12.1 Å². The van der Waals surface area contributed by atoms with Crippen LogP contribution in [0.5, 0.6) is 0 Å². The monoisotopic (exact) mass is 257 g/mol. The minimum atomic E-state index is -0.784. The first kappa shape index (κ1) is 11.5. The smallest absolute Gasteiger partial charge is 0.335 e. The maximum Gasteiger partial charge on any atom is 0.335 e. The van der Waals surface area contributed by atoms with Crippen LogP contribution >= 0.6 is 0 Å². The second-order valence-corrected chi connectivity index (χ2v) is 6.27. The van der Waals surface area contributed by atoms with Crippen LogP contribution in [0, 0.1) is 11.8 Å². The van der Waals surface area contributed by atoms with E-state index in [1.165, 1.54) is 24.8 Å². The molecule has 0 amide bonds. The average molecular weight is 257 g/mol. The lowest BCUT2D eigenvalue weighted by Crippen LogP contribution is -2.39. The molecule has 1 aliphatic heterocycles. The molecular formula is C16H19NO2. The topological polar surface area (TPSA) is 40.5 Å². The summed E-state index contributed by atoms with van der Waals surface area (Å²) in [4.78, 5) is 13.9. The van der Waals surface area contributed by atoms with Gasteiger partial charge in [0.05, 0.1) is 5.56 Å². The highest BCUT2D eigenvalue weighted by atomic mass is 16.4. The largest absolute Gasteiger partial charge is 0.478 e. The third kappa shape index (κ3) is 1.79. The molecule has 1 N–H and O–H groups in total. The fourth-order valence-corrected chi connectivity index (χ4v) is 4.24. The van der Waals surface area contributed by atoms with Gasteiger partial charge in [0.1, 0.15) is 0 Å². The van der Waals surface area contributed by atoms with Crippen LogP contribution in [0.4, 0.5) is 0 Å². The van der Waals surface area contributed by atoms with Gasteiger partial charge in [0.25, 0.3) is 0 Å². The van der Waals surface area contributed by atoms with Gasteiger partial charge in [0.15, 0.2) is 0 Å². The van der Waals surface area contributed by atoms with E-state index in [0.29, 0.717) is 5.56 Å². The Bertz CT molecular complexity index is 540. The summed E-state index contributed by atoms with van der Waals surface area (Å²) in [6.07, 6.45) is 5.09. The third-order valence-electron chi connectivity index (χ3n) is 5.30. The number of benzene rings is 1. The van der Waals surface area contributed by atoms with Gasteiger partial charge in [-0.05, 0) is 54.7 Å². The molecule has 2 saturated carbocycles. The van der Waals surface area contributed by atoms with E-state index >= 15 is 0 Å². The molecule has 1 aromatic rings. The lowest BCUT2D eigenvalue weighted by atomic mass is 9.93. The van der Waals surface area contributed by atoms with Gasteiger partial charge in [0.2, 0.25) is 0 Å². The standard InChI is InChI=1S/C16H19NO2/c18-16(19)13-3-1-2-11-9-17(7-6-12(11)13)15-5-4-10-8-14(10)15/h1-3,10,14-15H,4-9H2,(H,18,19). The van der Waals surface area contributed by atoms with Crippen LogP contribution in [-0.2, 0) is 13.0 Å². The third-order valence-corrected chi connectivity index (χ3v) is 5.30. The number of hydrogen-bond acceptors (Lipinski definition) is 2. The summed E-state index contributed by atoms with van der Waals surface area (Å²) < 4.78 is 0. The van der Waals surface area contributed by atoms with Crippen molar-refractivity contribution in [3.8, 4) is 0 Å². The quantitative estimate of drug-likeness (QED) is 0.885. The van der Waals surface area contributed by atoms with E-state index in [1.807, 2.05) is 6.07 Å². The highest BCUT2D eigenvalue weighted by molar-refractivity contribution is 5.89. The number of carboxylic acid groups (broad SMARTS) is 1. The molecular weight excluding hydrogens is 238 g/mol. The van der Waals surface area contributed by atoms with Gasteiger partial charge in [0, 0.05) is 19.1 Å². The van der Waals surface area contributed by atoms with E-state index in [2.05, 4.69) is 11.0 Å². The van der Waals surface area contributed by atoms with Crippen molar-refractivity contribution in [2.45, 2.75) is 38.3 Å². The van der Waals surface area contributed by atoms with E-state index in [4.69, 9.17) is 0 Å². The Labute approximate surface area is 113 Å². The lowest BCUT2D eigenvalue weighted by molar-refractivity contribution is 0.0694. The lowest BCUT2D eigenvalue weighted by Gasteiger charge is -2.35. The van der Waals surface area contributed by atoms with Crippen LogP contribution in [-0.4, -0.2) is 28.6 Å². The molecule has 19 heavy (non-hydrogen) atoms. The molecule has 1 heterocycles. The van der Waals surface area contributed by atoms with Crippen molar-refractivity contribution in [1.82, 2.24) is 4.90 Å². The van der Waals surface area contributed by atoms with E-state index in [9.17, 15) is 9.90 Å². The summed E-state index contributed by atoms with van der Waals surface area (Å²) in [5.74, 6) is 1.18. The maximum atomic E-state index is 11.3. The Morgan fingerprint density at radius 2 is 2.21 bits per heavy atom. The molecule has 3 unspecified atom stereocenters. The minimum absolute atomic E-state index is 0.507. The second-order valence-electron chi connectivity index (χ2n) is 6.27. The number of fused-ring (bicyclic) bond motifs is 2. The number of nitrogens with zero attached hydrogens (tertiary/aromatic N) is 1. The Kier molecular flexibility index (Phi) is 2.46. The molecule has 4 rings (SSSR count). The van der Waals surface area contributed by atoms with Crippen molar-refractivity contribution in [1.29, 1.82) is 0 Å². The second kappa shape index (κ2) is 4.07. The molecule has 3 atom stereocenters. The Morgan fingerprint density at radius 1 is 1.32 bits per heavy atom. The maximum absolute atomic E-state index is 11.3. The van der Waals surface area contributed by atoms with Gasteiger partial charge < -0.3 is 5.11 Å². The molecule has 3 aliphatic rings. The van der Waals surface area contributed by atoms with Crippen molar-refractivity contribution >= 4 is 5.97 Å². The molecule has 1 aromatic carbocycles. The van der Waals surface area contributed by atoms with Crippen molar-refractivity contribution in [3.63, 3.8) is 0 Å². The summed E-state index contributed by atoms with van der Waals surface area (Å²) in [5.41, 5.74) is 2.81. The Balaban J connectivity index is 1.60. The first-order valence-corrected chi connectivity index (χ1v) is 7.32. The van der Waals surface area contributed by atoms with E-state index < -0.39 is 5.97 Å². The summed E-state index contributed by atoms with van der Waals surface area (Å²) in [7, 11) is 0. The molecule has 0 saturated heterocycles. The van der Waals surface area contributed by atoms with Crippen LogP contribution < -0.4 is 0 Å². The average Bonchev–Trinajstić information content (AvgIpc) is 3.08. The Hall–Kier alpha value is -1.35. The minimum Gasteiger partial charge on any atom is -0.478 e. The number of aromatic carboxylic acids is 1. The summed E-state index contributed by atoms with van der Waals surface area (Å²) in [5, 5.41) is 9.25. The first-order chi connectivity index (χ1) is 9.24. The zero-order chi connectivity index (χ0) is 13.0. The molecule has 0 radical (unpaired) electrons. The molecule has 0 spiro atoms. The molecule has 2 fully saturated rings. The van der Waals surface area contributed by atoms with E-state index in [0.717, 1.165) is 43.0 Å². The molecule has 3 heteroatoms. The highest BCUT2D eigenvalue weighted by Gasteiger charge is 2.50. The van der Waals surface area contributed by atoms with E-state index in [1.54, 1.807) is 6.07 Å². The summed E-state index contributed by atoms with van der Waals surface area (Å²) in [6, 6.07) is 6.50. The molecule has 2 aliphatic carbocycles. The van der Waals surface area contributed by atoms with Gasteiger partial charge in [-0.3, -0.25) is 4.90 Å². The summed E-state index contributed by atoms with van der Waals surface area (Å²) in [6.45, 7) is 1.98. The molecule has 0 bridgehead atoms. The van der Waals surface area contributed by atoms with E-state index in [-0.39, 0.29) is 0 Å². The number of rotatable bonds is 2. The number of carbonyl (C=O) groups is 1. The SMILES string of the molecule is O=C(O)c1cccc2c1CCN(C1CCC3CC31)C2. The predicted molar refractivity (Wildman–Crippen MR) is 72.1 cm³/mol. The number of carboxylic acids is 1. The van der Waals surface area contributed by atoms with Crippen molar-refractivity contribution in [3.05, 3.63) is 34.9 Å². The van der Waals surface area contributed by atoms with Gasteiger partial charge >= 0.3 is 5.97 Å². The fourth-order valence-electron chi connectivity index (χ4n) is 4.24. The normalized spacial score (nSPS) is 32.7. The highest BCUT2D eigenvalue weighted by Crippen LogP contribution is 2.54. The van der Waals surface area contributed by atoms with Crippen LogP contribution in [0.25, 0.3) is 0 Å². The first-order valence-electron chi connectivity index (χ1n) is 7.32. The Morgan fingerprint density at radius 3 is 2.89 bits per heavy atom. The zero-order valence-electron chi connectivity index (χ0n) is 11.0. The van der Waals surface area contributed by atoms with Crippen molar-refractivity contribution in [2.75, 3.05) is 6.54 Å². The van der Waals surface area contributed by atoms with Gasteiger partial charge in [-0.2, -0.15) is 0 Å².